The van der Waals surface area contributed by atoms with Gasteiger partial charge in [0.1, 0.15) is 0 Å². The summed E-state index contributed by atoms with van der Waals surface area (Å²) in [5, 5.41) is 9.41. The topological polar surface area (TPSA) is 29.5 Å². The van der Waals surface area contributed by atoms with Crippen molar-refractivity contribution in [3.8, 4) is 0 Å². The van der Waals surface area contributed by atoms with Crippen molar-refractivity contribution >= 4 is 0 Å². The molecule has 2 aliphatic rings. The third kappa shape index (κ3) is 1.70. The SMILES string of the molecule is CC1(C)CC2(CCCC2CO)CCO1. The van der Waals surface area contributed by atoms with Crippen LogP contribution in [0, 0.1) is 11.3 Å². The zero-order chi connectivity index (χ0) is 10.2. The third-order valence-electron chi connectivity index (χ3n) is 4.18. The molecule has 1 heterocycles. The van der Waals surface area contributed by atoms with E-state index in [1.54, 1.807) is 0 Å². The molecular formula is C12H22O2. The maximum atomic E-state index is 9.41. The molecule has 14 heavy (non-hydrogen) atoms. The van der Waals surface area contributed by atoms with E-state index in [-0.39, 0.29) is 5.60 Å². The quantitative estimate of drug-likeness (QED) is 0.701. The predicted molar refractivity (Wildman–Crippen MR) is 56.1 cm³/mol. The summed E-state index contributed by atoms with van der Waals surface area (Å²) in [5.74, 6) is 0.533. The van der Waals surface area contributed by atoms with Gasteiger partial charge >= 0.3 is 0 Å². The van der Waals surface area contributed by atoms with Crippen LogP contribution in [0.5, 0.6) is 0 Å². The van der Waals surface area contributed by atoms with Crippen LogP contribution in [0.3, 0.4) is 0 Å². The summed E-state index contributed by atoms with van der Waals surface area (Å²) in [7, 11) is 0. The van der Waals surface area contributed by atoms with Crippen molar-refractivity contribution in [3.05, 3.63) is 0 Å². The van der Waals surface area contributed by atoms with Crippen LogP contribution in [0.15, 0.2) is 0 Å². The molecule has 2 nitrogen and oxygen atoms in total. The minimum Gasteiger partial charge on any atom is -0.396 e. The lowest BCUT2D eigenvalue weighted by Gasteiger charge is -2.46. The Hall–Kier alpha value is -0.0800. The molecule has 82 valence electrons. The average Bonchev–Trinajstić information content (AvgIpc) is 2.45. The van der Waals surface area contributed by atoms with Gasteiger partial charge in [0.25, 0.3) is 0 Å². The Morgan fingerprint density at radius 2 is 2.14 bits per heavy atom. The van der Waals surface area contributed by atoms with Gasteiger partial charge in [0.05, 0.1) is 5.60 Å². The molecule has 2 heteroatoms. The van der Waals surface area contributed by atoms with E-state index in [9.17, 15) is 5.11 Å². The van der Waals surface area contributed by atoms with Crippen molar-refractivity contribution in [1.82, 2.24) is 0 Å². The summed E-state index contributed by atoms with van der Waals surface area (Å²) < 4.78 is 5.76. The van der Waals surface area contributed by atoms with E-state index in [1.807, 2.05) is 0 Å². The molecule has 1 spiro atoms. The van der Waals surface area contributed by atoms with Crippen molar-refractivity contribution in [2.45, 2.75) is 51.6 Å². The molecule has 0 radical (unpaired) electrons. The summed E-state index contributed by atoms with van der Waals surface area (Å²) in [6.07, 6.45) is 6.09. The fourth-order valence-electron chi connectivity index (χ4n) is 3.58. The van der Waals surface area contributed by atoms with Crippen molar-refractivity contribution < 1.29 is 9.84 Å². The Morgan fingerprint density at radius 3 is 2.79 bits per heavy atom. The Labute approximate surface area is 86.6 Å². The molecule has 1 saturated heterocycles. The predicted octanol–water partition coefficient (Wildman–Crippen LogP) is 2.35. The van der Waals surface area contributed by atoms with Crippen molar-refractivity contribution in [1.29, 1.82) is 0 Å². The summed E-state index contributed by atoms with van der Waals surface area (Å²) in [6, 6.07) is 0. The normalized spacial score (nSPS) is 41.8. The van der Waals surface area contributed by atoms with Crippen LogP contribution in [0.25, 0.3) is 0 Å². The highest BCUT2D eigenvalue weighted by Crippen LogP contribution is 2.53. The Bertz CT molecular complexity index is 212. The molecule has 1 N–H and O–H groups in total. The molecule has 0 bridgehead atoms. The number of aliphatic hydroxyl groups excluding tert-OH is 1. The molecule has 1 saturated carbocycles. The molecular weight excluding hydrogens is 176 g/mol. The van der Waals surface area contributed by atoms with Crippen LogP contribution in [0.2, 0.25) is 0 Å². The van der Waals surface area contributed by atoms with Crippen LogP contribution in [-0.4, -0.2) is 23.9 Å². The monoisotopic (exact) mass is 198 g/mol. The Kier molecular flexibility index (Phi) is 2.61. The zero-order valence-corrected chi connectivity index (χ0v) is 9.38. The molecule has 0 amide bonds. The maximum Gasteiger partial charge on any atom is 0.0631 e. The highest BCUT2D eigenvalue weighted by atomic mass is 16.5. The second-order valence-corrected chi connectivity index (χ2v) is 5.67. The second kappa shape index (κ2) is 3.49. The fourth-order valence-corrected chi connectivity index (χ4v) is 3.58. The minimum atomic E-state index is 0.0238. The van der Waals surface area contributed by atoms with Crippen molar-refractivity contribution in [2.75, 3.05) is 13.2 Å². The van der Waals surface area contributed by atoms with Crippen molar-refractivity contribution in [3.63, 3.8) is 0 Å². The Morgan fingerprint density at radius 1 is 1.36 bits per heavy atom. The first-order valence-electron chi connectivity index (χ1n) is 5.83. The average molecular weight is 198 g/mol. The molecule has 0 aromatic heterocycles. The number of aliphatic hydroxyl groups is 1. The van der Waals surface area contributed by atoms with E-state index < -0.39 is 0 Å². The largest absolute Gasteiger partial charge is 0.396 e. The lowest BCUT2D eigenvalue weighted by atomic mass is 9.68. The van der Waals surface area contributed by atoms with Gasteiger partial charge in [0, 0.05) is 13.2 Å². The minimum absolute atomic E-state index is 0.0238. The van der Waals surface area contributed by atoms with Gasteiger partial charge in [-0.15, -0.1) is 0 Å². The van der Waals surface area contributed by atoms with E-state index in [4.69, 9.17) is 4.74 Å². The Balaban J connectivity index is 2.14. The molecule has 1 aliphatic carbocycles. The fraction of sp³-hybridized carbons (Fsp3) is 1.00. The van der Waals surface area contributed by atoms with Crippen LogP contribution in [0.4, 0.5) is 0 Å². The van der Waals surface area contributed by atoms with Gasteiger partial charge in [-0.05, 0) is 50.9 Å². The first-order valence-corrected chi connectivity index (χ1v) is 5.83. The summed E-state index contributed by atoms with van der Waals surface area (Å²) >= 11 is 0. The van der Waals surface area contributed by atoms with Gasteiger partial charge in [0.2, 0.25) is 0 Å². The van der Waals surface area contributed by atoms with E-state index in [1.165, 1.54) is 19.3 Å². The standard InChI is InChI=1S/C12H22O2/c1-11(2)9-12(6-7-14-11)5-3-4-10(12)8-13/h10,13H,3-9H2,1-2H3. The van der Waals surface area contributed by atoms with Crippen LogP contribution >= 0.6 is 0 Å². The summed E-state index contributed by atoms with van der Waals surface area (Å²) in [4.78, 5) is 0. The molecule has 2 unspecified atom stereocenters. The van der Waals surface area contributed by atoms with E-state index in [0.29, 0.717) is 17.9 Å². The number of hydrogen-bond donors (Lipinski definition) is 1. The molecule has 0 aromatic carbocycles. The molecule has 1 aliphatic heterocycles. The van der Waals surface area contributed by atoms with Crippen molar-refractivity contribution in [2.24, 2.45) is 11.3 Å². The van der Waals surface area contributed by atoms with Crippen LogP contribution in [0.1, 0.15) is 46.0 Å². The zero-order valence-electron chi connectivity index (χ0n) is 9.38. The molecule has 2 rings (SSSR count). The molecule has 2 atom stereocenters. The number of ether oxygens (including phenoxy) is 1. The van der Waals surface area contributed by atoms with Gasteiger partial charge in [-0.2, -0.15) is 0 Å². The van der Waals surface area contributed by atoms with Gasteiger partial charge in [0.15, 0.2) is 0 Å². The van der Waals surface area contributed by atoms with Gasteiger partial charge < -0.3 is 9.84 Å². The maximum absolute atomic E-state index is 9.41. The first-order chi connectivity index (χ1) is 6.58. The summed E-state index contributed by atoms with van der Waals surface area (Å²) in [6.45, 7) is 5.61. The van der Waals surface area contributed by atoms with E-state index in [2.05, 4.69) is 13.8 Å². The number of hydrogen-bond acceptors (Lipinski definition) is 2. The summed E-state index contributed by atoms with van der Waals surface area (Å²) in [5.41, 5.74) is 0.423. The highest BCUT2D eigenvalue weighted by molar-refractivity contribution is 4.97. The van der Waals surface area contributed by atoms with E-state index in [0.717, 1.165) is 19.4 Å². The van der Waals surface area contributed by atoms with Gasteiger partial charge in [-0.1, -0.05) is 6.42 Å². The smallest absolute Gasteiger partial charge is 0.0631 e. The molecule has 0 aromatic rings. The first kappa shape index (κ1) is 10.4. The second-order valence-electron chi connectivity index (χ2n) is 5.67. The lowest BCUT2D eigenvalue weighted by molar-refractivity contribution is -0.120. The van der Waals surface area contributed by atoms with Crippen LogP contribution < -0.4 is 0 Å². The third-order valence-corrected chi connectivity index (χ3v) is 4.18. The van der Waals surface area contributed by atoms with Crippen LogP contribution in [-0.2, 0) is 4.74 Å². The molecule has 2 fully saturated rings. The number of rotatable bonds is 1. The van der Waals surface area contributed by atoms with Gasteiger partial charge in [-0.3, -0.25) is 0 Å². The highest BCUT2D eigenvalue weighted by Gasteiger charge is 2.48. The van der Waals surface area contributed by atoms with E-state index >= 15 is 0 Å². The van der Waals surface area contributed by atoms with Gasteiger partial charge in [-0.25, -0.2) is 0 Å². The lowest BCUT2D eigenvalue weighted by Crippen LogP contribution is -2.43.